The molecule has 9 heteroatoms. The van der Waals surface area contributed by atoms with Gasteiger partial charge in [-0.05, 0) is 37.0 Å². The maximum absolute atomic E-state index is 13.8. The lowest BCUT2D eigenvalue weighted by atomic mass is 9.95. The van der Waals surface area contributed by atoms with Crippen LogP contribution in [0.25, 0.3) is 0 Å². The van der Waals surface area contributed by atoms with Gasteiger partial charge in [0.25, 0.3) is 0 Å². The van der Waals surface area contributed by atoms with E-state index in [2.05, 4.69) is 31.4 Å². The minimum Gasteiger partial charge on any atom is -0.343 e. The Morgan fingerprint density at radius 2 is 2.12 bits per heavy atom. The molecule has 0 bridgehead atoms. The molecule has 6 nitrogen and oxygen atoms in total. The maximum atomic E-state index is 13.8. The lowest BCUT2D eigenvalue weighted by Gasteiger charge is -2.31. The summed E-state index contributed by atoms with van der Waals surface area (Å²) in [6, 6.07) is 4.86. The molecule has 2 aromatic rings. The summed E-state index contributed by atoms with van der Waals surface area (Å²) in [4.78, 5) is 26.3. The first-order chi connectivity index (χ1) is 12.5. The number of carbonyl (C=O) groups is 2. The molecule has 26 heavy (non-hydrogen) atoms. The van der Waals surface area contributed by atoms with Crippen LogP contribution in [0.5, 0.6) is 0 Å². The number of likely N-dealkylation sites (tertiary alicyclic amines) is 1. The van der Waals surface area contributed by atoms with Gasteiger partial charge in [-0.2, -0.15) is 0 Å². The largest absolute Gasteiger partial charge is 0.343 e. The number of aryl methyl sites for hydroxylation is 1. The molecule has 1 fully saturated rings. The van der Waals surface area contributed by atoms with Crippen LogP contribution in [0.1, 0.15) is 24.8 Å². The molecule has 3 rings (SSSR count). The normalized spacial score (nSPS) is 15.1. The number of piperidine rings is 1. The van der Waals surface area contributed by atoms with Crippen molar-refractivity contribution in [3.8, 4) is 0 Å². The first-order valence-electron chi connectivity index (χ1n) is 8.31. The lowest BCUT2D eigenvalue weighted by Crippen LogP contribution is -2.41. The zero-order chi connectivity index (χ0) is 18.5. The Bertz CT molecular complexity index is 779. The Morgan fingerprint density at radius 1 is 1.35 bits per heavy atom. The van der Waals surface area contributed by atoms with E-state index in [4.69, 9.17) is 0 Å². The van der Waals surface area contributed by atoms with Gasteiger partial charge in [0, 0.05) is 29.9 Å². The van der Waals surface area contributed by atoms with Crippen molar-refractivity contribution < 1.29 is 14.0 Å². The van der Waals surface area contributed by atoms with Gasteiger partial charge in [-0.15, -0.1) is 10.2 Å². The van der Waals surface area contributed by atoms with Crippen LogP contribution in [0.2, 0.25) is 0 Å². The van der Waals surface area contributed by atoms with Gasteiger partial charge in [0.15, 0.2) is 0 Å². The summed E-state index contributed by atoms with van der Waals surface area (Å²) in [5.41, 5.74) is 2.10. The van der Waals surface area contributed by atoms with Crippen LogP contribution < -0.4 is 5.32 Å². The summed E-state index contributed by atoms with van der Waals surface area (Å²) in [5, 5.41) is 10.7. The zero-order valence-electron chi connectivity index (χ0n) is 14.0. The number of amides is 2. The maximum Gasteiger partial charge on any atom is 0.229 e. The van der Waals surface area contributed by atoms with E-state index in [1.54, 1.807) is 22.5 Å². The van der Waals surface area contributed by atoms with Crippen molar-refractivity contribution in [1.29, 1.82) is 0 Å². The van der Waals surface area contributed by atoms with Crippen molar-refractivity contribution >= 4 is 44.2 Å². The third-order valence-electron chi connectivity index (χ3n) is 4.43. The molecule has 1 aliphatic heterocycles. The second kappa shape index (κ2) is 8.68. The average Bonchev–Trinajstić information content (AvgIpc) is 3.14. The number of carbonyl (C=O) groups excluding carboxylic acids is 2. The van der Waals surface area contributed by atoms with Gasteiger partial charge in [0.2, 0.25) is 16.9 Å². The molecule has 0 spiro atoms. The molecule has 0 unspecified atom stereocenters. The van der Waals surface area contributed by atoms with Crippen molar-refractivity contribution in [2.24, 2.45) is 5.92 Å². The van der Waals surface area contributed by atoms with Crippen LogP contribution >= 0.6 is 27.3 Å². The fraction of sp³-hybridized carbons (Fsp3) is 0.412. The standard InChI is InChI=1S/C17H18BrFN4O2S/c18-13-3-1-11(14(19)9-13)2-4-15(24)23-7-5-12(6-8-23)16(25)21-17-22-20-10-26-17/h1,3,9-10,12H,2,4-8H2,(H,21,22,25). The third-order valence-corrected chi connectivity index (χ3v) is 5.53. The van der Waals surface area contributed by atoms with Crippen molar-refractivity contribution in [1.82, 2.24) is 15.1 Å². The Kier molecular flexibility index (Phi) is 6.31. The van der Waals surface area contributed by atoms with Gasteiger partial charge in [0.1, 0.15) is 11.3 Å². The third kappa shape index (κ3) is 4.85. The quantitative estimate of drug-likeness (QED) is 0.773. The number of nitrogens with one attached hydrogen (secondary N) is 1. The van der Waals surface area contributed by atoms with Crippen molar-refractivity contribution in [3.63, 3.8) is 0 Å². The van der Waals surface area contributed by atoms with E-state index in [1.165, 1.54) is 17.4 Å². The highest BCUT2D eigenvalue weighted by Crippen LogP contribution is 2.21. The summed E-state index contributed by atoms with van der Waals surface area (Å²) >= 11 is 4.49. The van der Waals surface area contributed by atoms with Crippen molar-refractivity contribution in [2.75, 3.05) is 18.4 Å². The van der Waals surface area contributed by atoms with E-state index in [0.29, 0.717) is 47.5 Å². The summed E-state index contributed by atoms with van der Waals surface area (Å²) < 4.78 is 14.5. The van der Waals surface area contributed by atoms with Crippen LogP contribution in [-0.2, 0) is 16.0 Å². The number of halogens is 2. The van der Waals surface area contributed by atoms with Gasteiger partial charge in [-0.1, -0.05) is 33.3 Å². The molecular weight excluding hydrogens is 423 g/mol. The zero-order valence-corrected chi connectivity index (χ0v) is 16.4. The number of hydrogen-bond donors (Lipinski definition) is 1. The highest BCUT2D eigenvalue weighted by atomic mass is 79.9. The molecule has 2 amide bonds. The highest BCUT2D eigenvalue weighted by molar-refractivity contribution is 9.10. The van der Waals surface area contributed by atoms with E-state index in [0.717, 1.165) is 0 Å². The van der Waals surface area contributed by atoms with Gasteiger partial charge in [0.05, 0.1) is 0 Å². The molecule has 1 aliphatic rings. The fourth-order valence-electron chi connectivity index (χ4n) is 2.95. The van der Waals surface area contributed by atoms with Gasteiger partial charge in [-0.3, -0.25) is 9.59 Å². The minimum atomic E-state index is -0.306. The van der Waals surface area contributed by atoms with Gasteiger partial charge < -0.3 is 10.2 Å². The number of hydrogen-bond acceptors (Lipinski definition) is 5. The highest BCUT2D eigenvalue weighted by Gasteiger charge is 2.27. The Balaban J connectivity index is 1.45. The second-order valence-electron chi connectivity index (χ2n) is 6.12. The SMILES string of the molecule is O=C(Nc1nncs1)C1CCN(C(=O)CCc2ccc(Br)cc2F)CC1. The average molecular weight is 441 g/mol. The molecule has 1 N–H and O–H groups in total. The molecule has 1 saturated heterocycles. The predicted molar refractivity (Wildman–Crippen MR) is 100 cm³/mol. The molecule has 138 valence electrons. The van der Waals surface area contributed by atoms with E-state index in [1.807, 2.05) is 0 Å². The first kappa shape index (κ1) is 18.9. The topological polar surface area (TPSA) is 75.2 Å². The second-order valence-corrected chi connectivity index (χ2v) is 7.87. The van der Waals surface area contributed by atoms with Crippen molar-refractivity contribution in [2.45, 2.75) is 25.7 Å². The van der Waals surface area contributed by atoms with Gasteiger partial charge in [-0.25, -0.2) is 4.39 Å². The summed E-state index contributed by atoms with van der Waals surface area (Å²) in [7, 11) is 0. The Hall–Kier alpha value is -1.87. The molecule has 1 aromatic heterocycles. The van der Waals surface area contributed by atoms with Crippen LogP contribution in [-0.4, -0.2) is 40.0 Å². The minimum absolute atomic E-state index is 0.00435. The number of anilines is 1. The monoisotopic (exact) mass is 440 g/mol. The van der Waals surface area contributed by atoms with Crippen LogP contribution in [0, 0.1) is 11.7 Å². The molecule has 0 atom stereocenters. The summed E-state index contributed by atoms with van der Waals surface area (Å²) in [6.45, 7) is 1.08. The number of nitrogens with zero attached hydrogens (tertiary/aromatic N) is 3. The molecule has 0 saturated carbocycles. The molecule has 0 radical (unpaired) electrons. The smallest absolute Gasteiger partial charge is 0.229 e. The van der Waals surface area contributed by atoms with Crippen LogP contribution in [0.3, 0.4) is 0 Å². The fourth-order valence-corrected chi connectivity index (χ4v) is 3.73. The van der Waals surface area contributed by atoms with E-state index in [-0.39, 0.29) is 30.0 Å². The van der Waals surface area contributed by atoms with E-state index >= 15 is 0 Å². The molecule has 2 heterocycles. The first-order valence-corrected chi connectivity index (χ1v) is 9.99. The summed E-state index contributed by atoms with van der Waals surface area (Å²) in [6.07, 6.45) is 1.86. The molecule has 1 aromatic carbocycles. The Labute approximate surface area is 162 Å². The number of rotatable bonds is 5. The predicted octanol–water partition coefficient (Wildman–Crippen LogP) is 3.25. The van der Waals surface area contributed by atoms with Gasteiger partial charge >= 0.3 is 0 Å². The van der Waals surface area contributed by atoms with Crippen molar-refractivity contribution in [3.05, 3.63) is 39.6 Å². The number of benzene rings is 1. The molecular formula is C17H18BrFN4O2S. The Morgan fingerprint density at radius 3 is 2.77 bits per heavy atom. The van der Waals surface area contributed by atoms with Crippen LogP contribution in [0.15, 0.2) is 28.2 Å². The number of aromatic nitrogens is 2. The summed E-state index contributed by atoms with van der Waals surface area (Å²) in [5.74, 6) is -0.521. The lowest BCUT2D eigenvalue weighted by molar-refractivity contribution is -0.134. The van der Waals surface area contributed by atoms with Crippen LogP contribution in [0.4, 0.5) is 9.52 Å². The van der Waals surface area contributed by atoms with E-state index in [9.17, 15) is 14.0 Å². The molecule has 0 aliphatic carbocycles. The van der Waals surface area contributed by atoms with E-state index < -0.39 is 0 Å².